The Kier molecular flexibility index (Phi) is 10.4. The van der Waals surface area contributed by atoms with Crippen LogP contribution in [-0.2, 0) is 22.4 Å². The molecule has 1 saturated carbocycles. The Morgan fingerprint density at radius 3 is 2.59 bits per heavy atom. The quantitative estimate of drug-likeness (QED) is 0.256. The minimum absolute atomic E-state index is 0.0468. The molecule has 1 aliphatic heterocycles. The molecule has 0 spiro atoms. The van der Waals surface area contributed by atoms with Crippen LogP contribution in [0.4, 0.5) is 5.69 Å². The van der Waals surface area contributed by atoms with E-state index in [2.05, 4.69) is 35.6 Å². The van der Waals surface area contributed by atoms with E-state index in [0.29, 0.717) is 25.9 Å². The number of halogens is 1. The van der Waals surface area contributed by atoms with E-state index in [4.69, 9.17) is 21.1 Å². The van der Waals surface area contributed by atoms with E-state index in [1.54, 1.807) is 0 Å². The SMILES string of the molecule is CCOc1ccc(Cc2cc([C@H]3C[C@@H](O)C[C@@H](CCc4cccc(NC(=O)C5CCCCC5)c4)O3)ccc2Cl)cc1. The van der Waals surface area contributed by atoms with Gasteiger partial charge in [-0.3, -0.25) is 4.79 Å². The highest BCUT2D eigenvalue weighted by Gasteiger charge is 2.29. The van der Waals surface area contributed by atoms with E-state index >= 15 is 0 Å². The van der Waals surface area contributed by atoms with Crippen molar-refractivity contribution in [1.29, 1.82) is 0 Å². The normalized spacial score (nSPS) is 21.4. The number of amides is 1. The van der Waals surface area contributed by atoms with Gasteiger partial charge in [0, 0.05) is 23.0 Å². The lowest BCUT2D eigenvalue weighted by atomic mass is 9.88. The molecule has 0 aromatic heterocycles. The highest BCUT2D eigenvalue weighted by molar-refractivity contribution is 6.31. The van der Waals surface area contributed by atoms with Gasteiger partial charge < -0.3 is 19.9 Å². The molecule has 2 fully saturated rings. The lowest BCUT2D eigenvalue weighted by Crippen LogP contribution is -2.31. The Hall–Kier alpha value is -2.86. The molecule has 218 valence electrons. The summed E-state index contributed by atoms with van der Waals surface area (Å²) in [6, 6.07) is 22.3. The lowest BCUT2D eigenvalue weighted by Gasteiger charge is -2.34. The third-order valence-electron chi connectivity index (χ3n) is 8.37. The molecular formula is C35H42ClNO4. The smallest absolute Gasteiger partial charge is 0.227 e. The number of hydrogen-bond donors (Lipinski definition) is 2. The fourth-order valence-electron chi connectivity index (χ4n) is 6.15. The van der Waals surface area contributed by atoms with Gasteiger partial charge in [0.25, 0.3) is 0 Å². The van der Waals surface area contributed by atoms with Crippen molar-refractivity contribution in [1.82, 2.24) is 0 Å². The minimum Gasteiger partial charge on any atom is -0.494 e. The topological polar surface area (TPSA) is 67.8 Å². The van der Waals surface area contributed by atoms with Crippen LogP contribution in [0.5, 0.6) is 5.75 Å². The number of aliphatic hydroxyl groups is 1. The van der Waals surface area contributed by atoms with Gasteiger partial charge in [0.05, 0.1) is 24.9 Å². The van der Waals surface area contributed by atoms with Crippen molar-refractivity contribution in [3.8, 4) is 5.75 Å². The van der Waals surface area contributed by atoms with Crippen LogP contribution >= 0.6 is 11.6 Å². The molecule has 1 saturated heterocycles. The Morgan fingerprint density at radius 2 is 1.80 bits per heavy atom. The molecule has 0 bridgehead atoms. The third kappa shape index (κ3) is 8.34. The summed E-state index contributed by atoms with van der Waals surface area (Å²) < 4.78 is 12.1. The van der Waals surface area contributed by atoms with Crippen LogP contribution < -0.4 is 10.1 Å². The third-order valence-corrected chi connectivity index (χ3v) is 8.74. The van der Waals surface area contributed by atoms with Gasteiger partial charge in [-0.15, -0.1) is 0 Å². The zero-order valence-electron chi connectivity index (χ0n) is 24.0. The van der Waals surface area contributed by atoms with E-state index in [-0.39, 0.29) is 24.0 Å². The number of carbonyl (C=O) groups is 1. The molecule has 41 heavy (non-hydrogen) atoms. The first-order valence-electron chi connectivity index (χ1n) is 15.2. The number of hydrogen-bond acceptors (Lipinski definition) is 4. The van der Waals surface area contributed by atoms with Gasteiger partial charge in [0.15, 0.2) is 0 Å². The van der Waals surface area contributed by atoms with Gasteiger partial charge in [-0.1, -0.05) is 67.3 Å². The summed E-state index contributed by atoms with van der Waals surface area (Å²) in [5.41, 5.74) is 5.27. The van der Waals surface area contributed by atoms with Gasteiger partial charge in [0.2, 0.25) is 5.91 Å². The number of aryl methyl sites for hydroxylation is 1. The average molecular weight is 576 g/mol. The second kappa shape index (κ2) is 14.4. The van der Waals surface area contributed by atoms with Gasteiger partial charge >= 0.3 is 0 Å². The Labute approximate surface area is 249 Å². The van der Waals surface area contributed by atoms with Crippen molar-refractivity contribution < 1.29 is 19.4 Å². The maximum Gasteiger partial charge on any atom is 0.227 e. The summed E-state index contributed by atoms with van der Waals surface area (Å²) in [5, 5.41) is 14.6. The standard InChI is InChI=1S/C35H42ClNO4/c1-2-40-31-15-11-25(12-16-31)19-28-21-27(14-18-33(28)36)34-23-30(38)22-32(41-34)17-13-24-7-6-10-29(20-24)37-35(39)26-8-4-3-5-9-26/h6-7,10-12,14-16,18,20-21,26,30,32,34,38H,2-5,8-9,13,17,19,22-23H2,1H3,(H,37,39)/t30-,32+,34+/m0/s1. The van der Waals surface area contributed by atoms with Crippen molar-refractivity contribution >= 4 is 23.2 Å². The molecule has 0 radical (unpaired) electrons. The van der Waals surface area contributed by atoms with Crippen LogP contribution in [0.2, 0.25) is 5.02 Å². The zero-order valence-corrected chi connectivity index (χ0v) is 24.7. The molecule has 5 rings (SSSR count). The number of ether oxygens (including phenoxy) is 2. The number of carbonyl (C=O) groups excluding carboxylic acids is 1. The first-order chi connectivity index (χ1) is 20.0. The van der Waals surface area contributed by atoms with Crippen LogP contribution in [0, 0.1) is 5.92 Å². The molecule has 6 heteroatoms. The maximum atomic E-state index is 12.7. The summed E-state index contributed by atoms with van der Waals surface area (Å²) in [6.45, 7) is 2.62. The summed E-state index contributed by atoms with van der Waals surface area (Å²) in [6.07, 6.45) is 8.41. The Morgan fingerprint density at radius 1 is 1.00 bits per heavy atom. The average Bonchev–Trinajstić information content (AvgIpc) is 2.99. The number of nitrogens with one attached hydrogen (secondary N) is 1. The highest BCUT2D eigenvalue weighted by Crippen LogP contribution is 2.35. The molecule has 1 aliphatic carbocycles. The van der Waals surface area contributed by atoms with Crippen molar-refractivity contribution in [3.05, 3.63) is 94.0 Å². The van der Waals surface area contributed by atoms with Crippen LogP contribution in [0.1, 0.15) is 86.6 Å². The molecule has 2 aliphatic rings. The van der Waals surface area contributed by atoms with E-state index in [1.165, 1.54) is 6.42 Å². The van der Waals surface area contributed by atoms with Crippen molar-refractivity contribution in [2.75, 3.05) is 11.9 Å². The molecule has 2 N–H and O–H groups in total. The number of aliphatic hydroxyl groups excluding tert-OH is 1. The lowest BCUT2D eigenvalue weighted by molar-refractivity contribution is -0.120. The van der Waals surface area contributed by atoms with Crippen LogP contribution in [0.25, 0.3) is 0 Å². The zero-order chi connectivity index (χ0) is 28.6. The largest absolute Gasteiger partial charge is 0.494 e. The number of benzene rings is 3. The van der Waals surface area contributed by atoms with Gasteiger partial charge in [-0.25, -0.2) is 0 Å². The van der Waals surface area contributed by atoms with E-state index < -0.39 is 6.10 Å². The molecule has 1 amide bonds. The van der Waals surface area contributed by atoms with E-state index in [1.807, 2.05) is 43.3 Å². The Balaban J connectivity index is 1.19. The van der Waals surface area contributed by atoms with Gasteiger partial charge in [-0.05, 0) is 98.0 Å². The summed E-state index contributed by atoms with van der Waals surface area (Å²) in [7, 11) is 0. The fraction of sp³-hybridized carbons (Fsp3) is 0.457. The molecular weight excluding hydrogens is 534 g/mol. The van der Waals surface area contributed by atoms with Gasteiger partial charge in [-0.2, -0.15) is 0 Å². The number of anilines is 1. The molecule has 1 heterocycles. The van der Waals surface area contributed by atoms with Crippen LogP contribution in [0.3, 0.4) is 0 Å². The van der Waals surface area contributed by atoms with Crippen molar-refractivity contribution in [2.45, 2.75) is 89.4 Å². The fourth-order valence-corrected chi connectivity index (χ4v) is 6.34. The first kappa shape index (κ1) is 29.6. The van der Waals surface area contributed by atoms with Crippen molar-refractivity contribution in [3.63, 3.8) is 0 Å². The minimum atomic E-state index is -0.412. The van der Waals surface area contributed by atoms with Crippen molar-refractivity contribution in [2.24, 2.45) is 5.92 Å². The summed E-state index contributed by atoms with van der Waals surface area (Å²) >= 11 is 6.59. The predicted molar refractivity (Wildman–Crippen MR) is 165 cm³/mol. The highest BCUT2D eigenvalue weighted by atomic mass is 35.5. The molecule has 0 unspecified atom stereocenters. The first-order valence-corrected chi connectivity index (χ1v) is 15.6. The van der Waals surface area contributed by atoms with E-state index in [0.717, 1.165) is 77.2 Å². The van der Waals surface area contributed by atoms with Gasteiger partial charge in [0.1, 0.15) is 5.75 Å². The maximum absolute atomic E-state index is 12.7. The number of rotatable bonds is 10. The summed E-state index contributed by atoms with van der Waals surface area (Å²) in [5.74, 6) is 1.15. The monoisotopic (exact) mass is 575 g/mol. The molecule has 3 aromatic rings. The molecule has 3 atom stereocenters. The summed E-state index contributed by atoms with van der Waals surface area (Å²) in [4.78, 5) is 12.7. The second-order valence-electron chi connectivity index (χ2n) is 11.5. The van der Waals surface area contributed by atoms with E-state index in [9.17, 15) is 9.90 Å². The molecule has 5 nitrogen and oxygen atoms in total. The second-order valence-corrected chi connectivity index (χ2v) is 11.9. The predicted octanol–water partition coefficient (Wildman–Crippen LogP) is 8.06. The Bertz CT molecular complexity index is 1290. The molecule has 3 aromatic carbocycles. The van der Waals surface area contributed by atoms with Crippen LogP contribution in [-0.4, -0.2) is 29.8 Å². The van der Waals surface area contributed by atoms with Crippen LogP contribution in [0.15, 0.2) is 66.7 Å².